The second kappa shape index (κ2) is 11.9. The van der Waals surface area contributed by atoms with Gasteiger partial charge in [-0.3, -0.25) is 19.9 Å². The summed E-state index contributed by atoms with van der Waals surface area (Å²) >= 11 is 0. The average Bonchev–Trinajstić information content (AvgIpc) is 3.25. The number of hydrogen-bond donors (Lipinski definition) is 0. The highest BCUT2D eigenvalue weighted by molar-refractivity contribution is 6.02. The molecule has 11 aromatic rings. The Morgan fingerprint density at radius 2 is 0.463 bits per heavy atom. The van der Waals surface area contributed by atoms with E-state index in [2.05, 4.69) is 29.9 Å². The van der Waals surface area contributed by atoms with E-state index in [-0.39, 0.29) is 0 Å². The van der Waals surface area contributed by atoms with Gasteiger partial charge in [0.1, 0.15) is 33.1 Å². The van der Waals surface area contributed by atoms with Crippen LogP contribution in [0.5, 0.6) is 0 Å². The molecule has 0 atom stereocenters. The van der Waals surface area contributed by atoms with Gasteiger partial charge in [0.15, 0.2) is 0 Å². The third kappa shape index (κ3) is 4.93. The van der Waals surface area contributed by atoms with Crippen molar-refractivity contribution < 1.29 is 0 Å². The minimum absolute atomic E-state index is 0.694. The molecule has 0 spiro atoms. The Morgan fingerprint density at radius 1 is 0.222 bits per heavy atom. The van der Waals surface area contributed by atoms with Crippen molar-refractivity contribution in [3.63, 3.8) is 0 Å². The van der Waals surface area contributed by atoms with E-state index >= 15 is 0 Å². The molecular formula is C42H22N12. The maximum atomic E-state index is 4.93. The Balaban J connectivity index is 0.853. The molecule has 0 aliphatic rings. The first-order chi connectivity index (χ1) is 26.7. The lowest BCUT2D eigenvalue weighted by molar-refractivity contribution is 1.25. The van der Waals surface area contributed by atoms with Gasteiger partial charge in [0, 0.05) is 47.0 Å². The van der Waals surface area contributed by atoms with Gasteiger partial charge in [0.25, 0.3) is 0 Å². The second-order valence-corrected chi connectivity index (χ2v) is 12.7. The minimum Gasteiger partial charge on any atom is -0.253 e. The lowest BCUT2D eigenvalue weighted by Gasteiger charge is -2.08. The number of benzene rings is 5. The van der Waals surface area contributed by atoms with E-state index in [1.807, 2.05) is 84.9 Å². The van der Waals surface area contributed by atoms with Crippen molar-refractivity contribution in [3.8, 4) is 45.0 Å². The highest BCUT2D eigenvalue weighted by Crippen LogP contribution is 2.30. The summed E-state index contributed by atoms with van der Waals surface area (Å²) in [6.45, 7) is 0. The first-order valence-electron chi connectivity index (χ1n) is 17.1. The summed E-state index contributed by atoms with van der Waals surface area (Å²) in [5, 5.41) is 0. The zero-order chi connectivity index (χ0) is 35.6. The van der Waals surface area contributed by atoms with E-state index in [1.54, 1.807) is 49.6 Å². The predicted molar refractivity (Wildman–Crippen MR) is 207 cm³/mol. The van der Waals surface area contributed by atoms with Crippen LogP contribution in [-0.4, -0.2) is 59.8 Å². The maximum absolute atomic E-state index is 4.93. The molecular weight excluding hydrogens is 673 g/mol. The molecule has 6 heterocycles. The van der Waals surface area contributed by atoms with Crippen molar-refractivity contribution in [2.45, 2.75) is 0 Å². The van der Waals surface area contributed by atoms with Crippen molar-refractivity contribution in [1.82, 2.24) is 59.8 Å². The third-order valence-corrected chi connectivity index (χ3v) is 9.47. The normalized spacial score (nSPS) is 11.7. The topological polar surface area (TPSA) is 155 Å². The number of rotatable bonds is 4. The molecule has 0 bridgehead atoms. The van der Waals surface area contributed by atoms with Crippen LogP contribution in [0.2, 0.25) is 0 Å². The lowest BCUT2D eigenvalue weighted by atomic mass is 10.1. The first-order valence-corrected chi connectivity index (χ1v) is 17.1. The molecule has 0 aliphatic heterocycles. The fourth-order valence-electron chi connectivity index (χ4n) is 6.77. The Labute approximate surface area is 304 Å². The molecule has 0 unspecified atom stereocenters. The second-order valence-electron chi connectivity index (χ2n) is 12.7. The van der Waals surface area contributed by atoms with Crippen LogP contribution in [0.4, 0.5) is 0 Å². The fourth-order valence-corrected chi connectivity index (χ4v) is 6.77. The molecule has 0 saturated heterocycles. The lowest BCUT2D eigenvalue weighted by Crippen LogP contribution is -1.95. The highest BCUT2D eigenvalue weighted by atomic mass is 14.9. The summed E-state index contributed by atoms with van der Waals surface area (Å²) < 4.78 is 0. The summed E-state index contributed by atoms with van der Waals surface area (Å²) in [4.78, 5) is 56.1. The van der Waals surface area contributed by atoms with Crippen LogP contribution in [0, 0.1) is 0 Å². The third-order valence-electron chi connectivity index (χ3n) is 9.47. The molecule has 12 nitrogen and oxygen atoms in total. The molecule has 0 fully saturated rings. The van der Waals surface area contributed by atoms with Crippen LogP contribution in [-0.2, 0) is 0 Å². The highest BCUT2D eigenvalue weighted by Gasteiger charge is 2.13. The van der Waals surface area contributed by atoms with E-state index in [0.717, 1.165) is 100 Å². The monoisotopic (exact) mass is 694 g/mol. The minimum atomic E-state index is 0.694. The van der Waals surface area contributed by atoms with Crippen LogP contribution in [0.25, 0.3) is 111 Å². The van der Waals surface area contributed by atoms with Gasteiger partial charge in [-0.2, -0.15) is 0 Å². The molecule has 6 aromatic heterocycles. The zero-order valence-corrected chi connectivity index (χ0v) is 28.1. The molecule has 0 amide bonds. The van der Waals surface area contributed by atoms with Crippen LogP contribution >= 0.6 is 0 Å². The van der Waals surface area contributed by atoms with Gasteiger partial charge in [0.05, 0.1) is 80.7 Å². The van der Waals surface area contributed by atoms with E-state index in [1.165, 1.54) is 0 Å². The summed E-state index contributed by atoms with van der Waals surface area (Å²) in [6, 6.07) is 27.7. The summed E-state index contributed by atoms with van der Waals surface area (Å²) in [7, 11) is 0. The van der Waals surface area contributed by atoms with Crippen LogP contribution in [0.3, 0.4) is 0 Å². The largest absolute Gasteiger partial charge is 0.253 e. The molecule has 0 radical (unpaired) electrons. The van der Waals surface area contributed by atoms with Gasteiger partial charge in [-0.05, 0) is 36.4 Å². The maximum Gasteiger partial charge on any atom is 0.117 e. The average molecular weight is 695 g/mol. The molecule has 5 aromatic carbocycles. The number of fused-ring (bicyclic) bond motifs is 9. The van der Waals surface area contributed by atoms with Gasteiger partial charge in [-0.15, -0.1) is 0 Å². The standard InChI is InChI=1S/C42H22N12/c1-5-25(6-2-23(1)33-19-47-39-29(51-33)11-9-27-37(39)45-17-15-43-27)35-21-49-41-31(53-35)13-14-32-42(41)50-22-36(54-32)26-7-3-24(4-8-26)34-20-48-40-30(52-34)12-10-28-38(40)46-18-16-44-28/h1-22H. The quantitative estimate of drug-likeness (QED) is 0.164. The van der Waals surface area contributed by atoms with Crippen molar-refractivity contribution in [2.75, 3.05) is 0 Å². The number of hydrogen-bond acceptors (Lipinski definition) is 12. The Bertz CT molecular complexity index is 3060. The molecule has 250 valence electrons. The molecule has 0 aliphatic carbocycles. The predicted octanol–water partition coefficient (Wildman–Crippen LogP) is 8.01. The molecule has 11 rings (SSSR count). The van der Waals surface area contributed by atoms with E-state index in [4.69, 9.17) is 29.9 Å². The van der Waals surface area contributed by atoms with Crippen molar-refractivity contribution in [2.24, 2.45) is 0 Å². The smallest absolute Gasteiger partial charge is 0.117 e. The van der Waals surface area contributed by atoms with Gasteiger partial charge in [0.2, 0.25) is 0 Å². The number of nitrogens with zero attached hydrogens (tertiary/aromatic N) is 12. The van der Waals surface area contributed by atoms with Gasteiger partial charge < -0.3 is 0 Å². The van der Waals surface area contributed by atoms with Crippen LogP contribution < -0.4 is 0 Å². The van der Waals surface area contributed by atoms with E-state index in [0.29, 0.717) is 11.0 Å². The zero-order valence-electron chi connectivity index (χ0n) is 28.1. The SMILES string of the molecule is c1cnc2c(ccc3nc(-c4ccc(-c5cnc6c(ccc7nc(-c8ccc(-c9cnc%10c(ccc%11nccnc%11%10)n9)cc8)cnc76)n5)cc4)cnc32)n1. The Kier molecular flexibility index (Phi) is 6.55. The van der Waals surface area contributed by atoms with Gasteiger partial charge >= 0.3 is 0 Å². The summed E-state index contributed by atoms with van der Waals surface area (Å²) in [6.07, 6.45) is 13.8. The van der Waals surface area contributed by atoms with Gasteiger partial charge in [-0.25, -0.2) is 39.9 Å². The molecule has 0 N–H and O–H groups in total. The van der Waals surface area contributed by atoms with E-state index < -0.39 is 0 Å². The molecule has 54 heavy (non-hydrogen) atoms. The fraction of sp³-hybridized carbons (Fsp3) is 0. The summed E-state index contributed by atoms with van der Waals surface area (Å²) in [5.41, 5.74) is 15.7. The summed E-state index contributed by atoms with van der Waals surface area (Å²) in [5.74, 6) is 0. The molecule has 0 saturated carbocycles. The van der Waals surface area contributed by atoms with E-state index in [9.17, 15) is 0 Å². The van der Waals surface area contributed by atoms with Crippen LogP contribution in [0.15, 0.2) is 135 Å². The van der Waals surface area contributed by atoms with Crippen molar-refractivity contribution in [3.05, 3.63) is 135 Å². The van der Waals surface area contributed by atoms with Gasteiger partial charge in [-0.1, -0.05) is 48.5 Å². The number of aromatic nitrogens is 12. The molecule has 12 heteroatoms. The first kappa shape index (κ1) is 29.8. The van der Waals surface area contributed by atoms with Crippen LogP contribution in [0.1, 0.15) is 0 Å². The Morgan fingerprint density at radius 3 is 0.759 bits per heavy atom. The Hall–Kier alpha value is -7.86. The van der Waals surface area contributed by atoms with Crippen molar-refractivity contribution in [1.29, 1.82) is 0 Å². The van der Waals surface area contributed by atoms with Crippen molar-refractivity contribution >= 4 is 66.2 Å².